The Morgan fingerprint density at radius 3 is 2.50 bits per heavy atom. The van der Waals surface area contributed by atoms with Crippen molar-refractivity contribution in [2.75, 3.05) is 33.5 Å². The van der Waals surface area contributed by atoms with Gasteiger partial charge in [0.25, 0.3) is 0 Å². The zero-order chi connectivity index (χ0) is 13.3. The van der Waals surface area contributed by atoms with Crippen molar-refractivity contribution in [3.63, 3.8) is 0 Å². The predicted molar refractivity (Wildman–Crippen MR) is 71.3 cm³/mol. The molecule has 0 aliphatic heterocycles. The monoisotopic (exact) mass is 253 g/mol. The number of methoxy groups -OCH3 is 1. The van der Waals surface area contributed by atoms with E-state index in [0.29, 0.717) is 26.2 Å². The first-order chi connectivity index (χ1) is 8.73. The molecule has 0 bridgehead atoms. The topological polar surface area (TPSA) is 64.7 Å². The van der Waals surface area contributed by atoms with Gasteiger partial charge in [0.05, 0.1) is 0 Å². The van der Waals surface area contributed by atoms with Crippen molar-refractivity contribution < 1.29 is 14.6 Å². The van der Waals surface area contributed by atoms with Crippen LogP contribution in [0.1, 0.15) is 18.4 Å². The molecule has 0 aromatic heterocycles. The average molecular weight is 253 g/mol. The van der Waals surface area contributed by atoms with Gasteiger partial charge in [0, 0.05) is 39.9 Å². The summed E-state index contributed by atoms with van der Waals surface area (Å²) in [7, 11) is 1.67. The molecule has 0 saturated heterocycles. The highest BCUT2D eigenvalue weighted by atomic mass is 16.5. The first-order valence-corrected chi connectivity index (χ1v) is 6.27. The Balaban J connectivity index is 2.37. The largest absolute Gasteiger partial charge is 0.385 e. The predicted octanol–water partition coefficient (Wildman–Crippen LogP) is 1.28. The van der Waals surface area contributed by atoms with E-state index < -0.39 is 5.60 Å². The number of rotatable bonds is 9. The van der Waals surface area contributed by atoms with Gasteiger partial charge >= 0.3 is 0 Å². The molecule has 1 aromatic carbocycles. The van der Waals surface area contributed by atoms with Crippen LogP contribution in [0, 0.1) is 0 Å². The molecule has 0 fully saturated rings. The molecule has 1 atom stereocenters. The Morgan fingerprint density at radius 1 is 1.17 bits per heavy atom. The number of aliphatic hydroxyl groups is 1. The van der Waals surface area contributed by atoms with Gasteiger partial charge in [-0.2, -0.15) is 0 Å². The lowest BCUT2D eigenvalue weighted by Gasteiger charge is -2.27. The lowest BCUT2D eigenvalue weighted by atomic mass is 9.91. The molecule has 1 aromatic rings. The van der Waals surface area contributed by atoms with Gasteiger partial charge in [-0.1, -0.05) is 30.3 Å². The zero-order valence-corrected chi connectivity index (χ0v) is 11.0. The molecule has 0 radical (unpaired) electrons. The lowest BCUT2D eigenvalue weighted by Crippen LogP contribution is -2.36. The second-order valence-electron chi connectivity index (χ2n) is 4.31. The number of hydrogen-bond acceptors (Lipinski definition) is 4. The van der Waals surface area contributed by atoms with Crippen LogP contribution in [0.5, 0.6) is 0 Å². The normalized spacial score (nSPS) is 14.4. The van der Waals surface area contributed by atoms with E-state index in [0.717, 1.165) is 12.0 Å². The highest BCUT2D eigenvalue weighted by molar-refractivity contribution is 5.22. The van der Waals surface area contributed by atoms with E-state index >= 15 is 0 Å². The third kappa shape index (κ3) is 4.74. The molecular weight excluding hydrogens is 230 g/mol. The standard InChI is InChI=1S/C14H23NO3/c1-17-9-5-10-18-11-8-14(16,12-15)13-6-3-2-4-7-13/h2-4,6-7,16H,5,8-12,15H2,1H3. The summed E-state index contributed by atoms with van der Waals surface area (Å²) in [6.07, 6.45) is 1.36. The second kappa shape index (κ2) is 8.21. The van der Waals surface area contributed by atoms with Crippen molar-refractivity contribution in [3.8, 4) is 0 Å². The Hall–Kier alpha value is -0.940. The molecule has 1 rings (SSSR count). The van der Waals surface area contributed by atoms with Crippen molar-refractivity contribution in [1.82, 2.24) is 0 Å². The van der Waals surface area contributed by atoms with Crippen LogP contribution < -0.4 is 5.73 Å². The molecule has 0 aliphatic carbocycles. The zero-order valence-electron chi connectivity index (χ0n) is 11.0. The molecule has 102 valence electrons. The highest BCUT2D eigenvalue weighted by Crippen LogP contribution is 2.23. The molecule has 1 unspecified atom stereocenters. The summed E-state index contributed by atoms with van der Waals surface area (Å²) in [4.78, 5) is 0. The third-order valence-corrected chi connectivity index (χ3v) is 2.95. The Labute approximate surface area is 109 Å². The summed E-state index contributed by atoms with van der Waals surface area (Å²) in [6, 6.07) is 9.49. The fraction of sp³-hybridized carbons (Fsp3) is 0.571. The van der Waals surface area contributed by atoms with Gasteiger partial charge in [0.15, 0.2) is 0 Å². The lowest BCUT2D eigenvalue weighted by molar-refractivity contribution is 0.000261. The maximum atomic E-state index is 10.5. The van der Waals surface area contributed by atoms with Crippen molar-refractivity contribution in [2.45, 2.75) is 18.4 Å². The number of hydrogen-bond donors (Lipinski definition) is 2. The first kappa shape index (κ1) is 15.1. The van der Waals surface area contributed by atoms with E-state index in [-0.39, 0.29) is 6.54 Å². The summed E-state index contributed by atoms with van der Waals surface area (Å²) in [5.74, 6) is 0. The van der Waals surface area contributed by atoms with Crippen LogP contribution in [0.3, 0.4) is 0 Å². The molecule has 0 amide bonds. The molecule has 4 nitrogen and oxygen atoms in total. The number of nitrogens with two attached hydrogens (primary N) is 1. The SMILES string of the molecule is COCCCOCCC(O)(CN)c1ccccc1. The van der Waals surface area contributed by atoms with E-state index in [1.54, 1.807) is 7.11 Å². The minimum Gasteiger partial charge on any atom is -0.385 e. The van der Waals surface area contributed by atoms with Crippen molar-refractivity contribution >= 4 is 0 Å². The van der Waals surface area contributed by atoms with Crippen LogP contribution in [0.2, 0.25) is 0 Å². The quantitative estimate of drug-likeness (QED) is 0.651. The van der Waals surface area contributed by atoms with E-state index in [1.165, 1.54) is 0 Å². The first-order valence-electron chi connectivity index (χ1n) is 6.27. The molecule has 0 aliphatic rings. The van der Waals surface area contributed by atoms with Crippen LogP contribution in [0.4, 0.5) is 0 Å². The molecule has 3 N–H and O–H groups in total. The van der Waals surface area contributed by atoms with Crippen molar-refractivity contribution in [1.29, 1.82) is 0 Å². The Kier molecular flexibility index (Phi) is 6.90. The van der Waals surface area contributed by atoms with Gasteiger partial charge in [0.2, 0.25) is 0 Å². The van der Waals surface area contributed by atoms with Gasteiger partial charge in [-0.3, -0.25) is 0 Å². The fourth-order valence-corrected chi connectivity index (χ4v) is 1.76. The van der Waals surface area contributed by atoms with Crippen molar-refractivity contribution in [3.05, 3.63) is 35.9 Å². The minimum atomic E-state index is -0.998. The van der Waals surface area contributed by atoms with Crippen LogP contribution in [0.15, 0.2) is 30.3 Å². The second-order valence-corrected chi connectivity index (χ2v) is 4.31. The minimum absolute atomic E-state index is 0.193. The van der Waals surface area contributed by atoms with E-state index in [1.807, 2.05) is 30.3 Å². The summed E-state index contributed by atoms with van der Waals surface area (Å²) >= 11 is 0. The molecule has 0 spiro atoms. The summed E-state index contributed by atoms with van der Waals surface area (Å²) in [5.41, 5.74) is 5.52. The van der Waals surface area contributed by atoms with E-state index in [4.69, 9.17) is 15.2 Å². The third-order valence-electron chi connectivity index (χ3n) is 2.95. The molecular formula is C14H23NO3. The van der Waals surface area contributed by atoms with E-state index in [9.17, 15) is 5.11 Å². The fourth-order valence-electron chi connectivity index (χ4n) is 1.76. The summed E-state index contributed by atoms with van der Waals surface area (Å²) < 4.78 is 10.4. The summed E-state index contributed by atoms with van der Waals surface area (Å²) in [6.45, 7) is 2.02. The average Bonchev–Trinajstić information content (AvgIpc) is 2.43. The van der Waals surface area contributed by atoms with Crippen LogP contribution in [-0.4, -0.2) is 38.6 Å². The van der Waals surface area contributed by atoms with Gasteiger partial charge in [-0.05, 0) is 12.0 Å². The maximum absolute atomic E-state index is 10.5. The molecule has 0 heterocycles. The van der Waals surface area contributed by atoms with Crippen LogP contribution in [0.25, 0.3) is 0 Å². The van der Waals surface area contributed by atoms with Gasteiger partial charge in [-0.25, -0.2) is 0 Å². The molecule has 18 heavy (non-hydrogen) atoms. The summed E-state index contributed by atoms with van der Waals surface area (Å²) in [5, 5.41) is 10.5. The van der Waals surface area contributed by atoms with Crippen LogP contribution >= 0.6 is 0 Å². The Morgan fingerprint density at radius 2 is 1.89 bits per heavy atom. The molecule has 4 heteroatoms. The van der Waals surface area contributed by atoms with Crippen molar-refractivity contribution in [2.24, 2.45) is 5.73 Å². The number of ether oxygens (including phenoxy) is 2. The maximum Gasteiger partial charge on any atom is 0.104 e. The Bertz CT molecular complexity index is 318. The smallest absolute Gasteiger partial charge is 0.104 e. The highest BCUT2D eigenvalue weighted by Gasteiger charge is 2.26. The van der Waals surface area contributed by atoms with E-state index in [2.05, 4.69) is 0 Å². The van der Waals surface area contributed by atoms with Gasteiger partial charge < -0.3 is 20.3 Å². The number of benzene rings is 1. The van der Waals surface area contributed by atoms with Gasteiger partial charge in [0.1, 0.15) is 5.60 Å². The molecule has 0 saturated carbocycles. The van der Waals surface area contributed by atoms with Gasteiger partial charge in [-0.15, -0.1) is 0 Å². The van der Waals surface area contributed by atoms with Crippen LogP contribution in [-0.2, 0) is 15.1 Å².